The minimum atomic E-state index is -0.334. The predicted molar refractivity (Wildman–Crippen MR) is 114 cm³/mol. The molecule has 0 radical (unpaired) electrons. The van der Waals surface area contributed by atoms with E-state index in [1.165, 1.54) is 17.3 Å². The molecule has 0 aliphatic carbocycles. The molecule has 3 aromatic rings. The van der Waals surface area contributed by atoms with E-state index in [1.54, 1.807) is 19.3 Å². The van der Waals surface area contributed by atoms with Crippen LogP contribution in [0.2, 0.25) is 0 Å². The van der Waals surface area contributed by atoms with Crippen LogP contribution >= 0.6 is 15.9 Å². The molecule has 2 aromatic carbocycles. The summed E-state index contributed by atoms with van der Waals surface area (Å²) < 4.78 is 14.0. The van der Waals surface area contributed by atoms with E-state index in [-0.39, 0.29) is 11.4 Å². The fourth-order valence-electron chi connectivity index (χ4n) is 3.39. The fraction of sp³-hybridized carbons (Fsp3) is 0.227. The summed E-state index contributed by atoms with van der Waals surface area (Å²) in [6.07, 6.45) is 5.42. The fourth-order valence-corrected chi connectivity index (χ4v) is 3.66. The Balaban J connectivity index is 1.79. The van der Waals surface area contributed by atoms with Gasteiger partial charge >= 0.3 is 0 Å². The van der Waals surface area contributed by atoms with Crippen LogP contribution in [-0.2, 0) is 6.42 Å². The van der Waals surface area contributed by atoms with Crippen LogP contribution in [0.25, 0.3) is 11.8 Å². The van der Waals surface area contributed by atoms with Crippen molar-refractivity contribution < 1.29 is 14.3 Å². The number of carbonyl (C=O) groups is 1. The molecular formula is C22H20BrN3O3. The lowest BCUT2D eigenvalue weighted by atomic mass is 9.97. The number of allylic oxidation sites excluding steroid dienone is 1. The van der Waals surface area contributed by atoms with Crippen molar-refractivity contribution in [2.75, 3.05) is 7.11 Å². The zero-order chi connectivity index (χ0) is 20.6. The van der Waals surface area contributed by atoms with Gasteiger partial charge in [0.15, 0.2) is 11.5 Å². The lowest BCUT2D eigenvalue weighted by Gasteiger charge is -2.17. The summed E-state index contributed by atoms with van der Waals surface area (Å²) in [7, 11) is 1.58. The van der Waals surface area contributed by atoms with Crippen LogP contribution < -0.4 is 9.47 Å². The summed E-state index contributed by atoms with van der Waals surface area (Å²) in [5, 5.41) is 4.17. The van der Waals surface area contributed by atoms with Crippen LogP contribution in [-0.4, -0.2) is 33.3 Å². The topological polar surface area (TPSA) is 66.2 Å². The van der Waals surface area contributed by atoms with Gasteiger partial charge in [-0.2, -0.15) is 5.10 Å². The molecule has 0 atom stereocenters. The number of ketones is 1. The highest BCUT2D eigenvalue weighted by Gasteiger charge is 2.34. The van der Waals surface area contributed by atoms with Crippen molar-refractivity contribution in [1.82, 2.24) is 14.8 Å². The van der Waals surface area contributed by atoms with Gasteiger partial charge in [0.25, 0.3) is 0 Å². The first kappa shape index (κ1) is 19.4. The molecule has 0 saturated heterocycles. The number of halogens is 1. The highest BCUT2D eigenvalue weighted by atomic mass is 79.9. The Morgan fingerprint density at radius 3 is 2.69 bits per heavy atom. The van der Waals surface area contributed by atoms with Crippen LogP contribution in [0, 0.1) is 0 Å². The molecule has 0 spiro atoms. The second-order valence-corrected chi connectivity index (χ2v) is 8.37. The number of methoxy groups -OCH3 is 1. The van der Waals surface area contributed by atoms with Crippen LogP contribution in [0.4, 0.5) is 0 Å². The van der Waals surface area contributed by atoms with Crippen LogP contribution in [0.5, 0.6) is 11.5 Å². The van der Waals surface area contributed by atoms with Gasteiger partial charge in [0.1, 0.15) is 24.0 Å². The number of benzene rings is 2. The zero-order valence-electron chi connectivity index (χ0n) is 16.3. The molecule has 7 heteroatoms. The van der Waals surface area contributed by atoms with Crippen molar-refractivity contribution in [2.24, 2.45) is 0 Å². The number of Topliss-reactive ketones (excluding diaryl/α,β-unsaturated/α-hetero) is 1. The summed E-state index contributed by atoms with van der Waals surface area (Å²) in [4.78, 5) is 17.5. The number of aromatic nitrogens is 3. The maximum Gasteiger partial charge on any atom is 0.211 e. The quantitative estimate of drug-likeness (QED) is 0.415. The summed E-state index contributed by atoms with van der Waals surface area (Å²) in [5.74, 6) is 1.08. The third kappa shape index (κ3) is 3.96. The molecule has 6 nitrogen and oxygen atoms in total. The average Bonchev–Trinajstić information content (AvgIpc) is 3.32. The van der Waals surface area contributed by atoms with Crippen molar-refractivity contribution in [3.63, 3.8) is 0 Å². The highest BCUT2D eigenvalue weighted by Crippen LogP contribution is 2.43. The van der Waals surface area contributed by atoms with Crippen molar-refractivity contribution in [3.05, 3.63) is 70.2 Å². The van der Waals surface area contributed by atoms with Gasteiger partial charge in [0.2, 0.25) is 5.78 Å². The number of carbonyl (C=O) groups excluding carboxylic acids is 1. The van der Waals surface area contributed by atoms with Crippen molar-refractivity contribution >= 4 is 33.5 Å². The van der Waals surface area contributed by atoms with Gasteiger partial charge in [0.05, 0.1) is 7.11 Å². The molecule has 1 aromatic heterocycles. The van der Waals surface area contributed by atoms with E-state index in [4.69, 9.17) is 9.47 Å². The molecule has 1 aliphatic heterocycles. The summed E-state index contributed by atoms with van der Waals surface area (Å²) in [6, 6.07) is 11.3. The third-order valence-corrected chi connectivity index (χ3v) is 5.21. The number of hydrogen-bond acceptors (Lipinski definition) is 5. The Labute approximate surface area is 177 Å². The molecule has 0 bridgehead atoms. The van der Waals surface area contributed by atoms with E-state index in [0.717, 1.165) is 15.6 Å². The van der Waals surface area contributed by atoms with Crippen LogP contribution in [0.15, 0.2) is 53.5 Å². The van der Waals surface area contributed by atoms with Gasteiger partial charge in [-0.1, -0.05) is 28.1 Å². The highest BCUT2D eigenvalue weighted by molar-refractivity contribution is 9.10. The Hall–Kier alpha value is -2.93. The second-order valence-electron chi connectivity index (χ2n) is 7.46. The van der Waals surface area contributed by atoms with E-state index >= 15 is 0 Å². The lowest BCUT2D eigenvalue weighted by Crippen LogP contribution is -2.24. The predicted octanol–water partition coefficient (Wildman–Crippen LogP) is 4.64. The van der Waals surface area contributed by atoms with Gasteiger partial charge in [-0.25, -0.2) is 9.67 Å². The normalized spacial score (nSPS) is 15.0. The Morgan fingerprint density at radius 1 is 1.28 bits per heavy atom. The van der Waals surface area contributed by atoms with Crippen molar-refractivity contribution in [1.29, 1.82) is 0 Å². The number of fused-ring (bicyclic) bond motifs is 1. The van der Waals surface area contributed by atoms with Gasteiger partial charge in [-0.3, -0.25) is 4.79 Å². The Morgan fingerprint density at radius 2 is 2.03 bits per heavy atom. The molecule has 0 amide bonds. The summed E-state index contributed by atoms with van der Waals surface area (Å²) in [6.45, 7) is 4.03. The van der Waals surface area contributed by atoms with Crippen molar-refractivity contribution in [3.8, 4) is 11.5 Å². The van der Waals surface area contributed by atoms with Gasteiger partial charge in [-0.15, -0.1) is 0 Å². The minimum Gasteiger partial charge on any atom is -0.493 e. The van der Waals surface area contributed by atoms with Gasteiger partial charge in [-0.05, 0) is 49.8 Å². The first-order valence-electron chi connectivity index (χ1n) is 9.13. The van der Waals surface area contributed by atoms with Gasteiger partial charge in [0, 0.05) is 22.0 Å². The molecule has 2 heterocycles. The van der Waals surface area contributed by atoms with E-state index in [2.05, 4.69) is 26.0 Å². The first-order chi connectivity index (χ1) is 13.9. The molecular weight excluding hydrogens is 434 g/mol. The average molecular weight is 454 g/mol. The molecule has 0 unspecified atom stereocenters. The van der Waals surface area contributed by atoms with E-state index < -0.39 is 0 Å². The largest absolute Gasteiger partial charge is 0.493 e. The maximum atomic E-state index is 13.5. The third-order valence-electron chi connectivity index (χ3n) is 4.68. The number of nitrogens with zero attached hydrogens (tertiary/aromatic N) is 3. The van der Waals surface area contributed by atoms with Crippen LogP contribution in [0.1, 0.15) is 35.3 Å². The smallest absolute Gasteiger partial charge is 0.211 e. The summed E-state index contributed by atoms with van der Waals surface area (Å²) >= 11 is 3.43. The standard InChI is InChI=1S/C22H20BrN3O3/c1-22(2)11-16-9-15(10-19(28-3)21(16)29-22)20(27)18(26-13-24-12-25-26)8-14-4-6-17(23)7-5-14/h4-10,12-13H,11H2,1-3H3. The number of ether oxygens (including phenoxy) is 2. The van der Waals surface area contributed by atoms with E-state index in [0.29, 0.717) is 29.2 Å². The second kappa shape index (κ2) is 7.48. The minimum absolute atomic E-state index is 0.177. The molecule has 148 valence electrons. The monoisotopic (exact) mass is 453 g/mol. The maximum absolute atomic E-state index is 13.5. The number of rotatable bonds is 5. The molecule has 0 saturated carbocycles. The zero-order valence-corrected chi connectivity index (χ0v) is 17.9. The molecule has 0 N–H and O–H groups in total. The summed E-state index contributed by atoms with van der Waals surface area (Å²) in [5.41, 5.74) is 2.41. The van der Waals surface area contributed by atoms with E-state index in [1.807, 2.05) is 44.2 Å². The van der Waals surface area contributed by atoms with E-state index in [9.17, 15) is 4.79 Å². The van der Waals surface area contributed by atoms with Crippen molar-refractivity contribution in [2.45, 2.75) is 25.9 Å². The first-order valence-corrected chi connectivity index (χ1v) is 9.92. The molecule has 0 fully saturated rings. The SMILES string of the molecule is COc1cc(C(=O)C(=Cc2ccc(Br)cc2)n2cncn2)cc2c1OC(C)(C)C2. The Kier molecular flexibility index (Phi) is 5.00. The number of hydrogen-bond donors (Lipinski definition) is 0. The molecule has 4 rings (SSSR count). The molecule has 1 aliphatic rings. The lowest BCUT2D eigenvalue weighted by molar-refractivity contribution is 0.105. The molecule has 29 heavy (non-hydrogen) atoms. The van der Waals surface area contributed by atoms with Gasteiger partial charge < -0.3 is 9.47 Å². The van der Waals surface area contributed by atoms with Crippen LogP contribution in [0.3, 0.4) is 0 Å². The Bertz CT molecular complexity index is 1090.